The normalized spacial score (nSPS) is 10.4. The molecule has 16 heavy (non-hydrogen) atoms. The Morgan fingerprint density at radius 1 is 1.50 bits per heavy atom. The second-order valence-corrected chi connectivity index (χ2v) is 4.05. The molecule has 0 atom stereocenters. The van der Waals surface area contributed by atoms with Crippen LogP contribution in [0.5, 0.6) is 0 Å². The fraction of sp³-hybridized carbons (Fsp3) is 0.417. The van der Waals surface area contributed by atoms with Crippen LogP contribution in [0.1, 0.15) is 18.9 Å². The standard InChI is InChI=1S/C12H15ClFNO/c1-2-5-15-8-10(16)6-9-3-4-11(13)12(14)7-9/h3-4,7,15H,2,5-6,8H2,1H3. The first kappa shape index (κ1) is 13.1. The van der Waals surface area contributed by atoms with Crippen molar-refractivity contribution in [3.63, 3.8) is 0 Å². The fourth-order valence-electron chi connectivity index (χ4n) is 1.34. The number of halogens is 2. The summed E-state index contributed by atoms with van der Waals surface area (Å²) < 4.78 is 13.1. The number of rotatable bonds is 6. The van der Waals surface area contributed by atoms with E-state index in [2.05, 4.69) is 5.32 Å². The van der Waals surface area contributed by atoms with Crippen molar-refractivity contribution in [2.75, 3.05) is 13.1 Å². The summed E-state index contributed by atoms with van der Waals surface area (Å²) in [5, 5.41) is 3.10. The van der Waals surface area contributed by atoms with E-state index in [9.17, 15) is 9.18 Å². The number of hydrogen-bond acceptors (Lipinski definition) is 2. The van der Waals surface area contributed by atoms with Gasteiger partial charge in [0.15, 0.2) is 5.78 Å². The van der Waals surface area contributed by atoms with Gasteiger partial charge in [-0.15, -0.1) is 0 Å². The summed E-state index contributed by atoms with van der Waals surface area (Å²) in [5.74, 6) is -0.427. The van der Waals surface area contributed by atoms with Crippen LogP contribution in [-0.4, -0.2) is 18.9 Å². The van der Waals surface area contributed by atoms with Crippen molar-refractivity contribution in [1.82, 2.24) is 5.32 Å². The Hall–Kier alpha value is -0.930. The highest BCUT2D eigenvalue weighted by atomic mass is 35.5. The minimum Gasteiger partial charge on any atom is -0.310 e. The summed E-state index contributed by atoms with van der Waals surface area (Å²) in [6.45, 7) is 3.19. The van der Waals surface area contributed by atoms with Gasteiger partial charge in [-0.1, -0.05) is 24.6 Å². The smallest absolute Gasteiger partial charge is 0.150 e. The third-order valence-corrected chi connectivity index (χ3v) is 2.44. The number of carbonyl (C=O) groups is 1. The minimum absolute atomic E-state index is 0.0511. The van der Waals surface area contributed by atoms with Crippen molar-refractivity contribution >= 4 is 17.4 Å². The van der Waals surface area contributed by atoms with Crippen LogP contribution in [0.15, 0.2) is 18.2 Å². The average Bonchev–Trinajstić information content (AvgIpc) is 2.24. The third-order valence-electron chi connectivity index (χ3n) is 2.13. The Kier molecular flexibility index (Phi) is 5.43. The molecule has 0 fully saturated rings. The number of hydrogen-bond donors (Lipinski definition) is 1. The highest BCUT2D eigenvalue weighted by Crippen LogP contribution is 2.15. The molecule has 1 aromatic rings. The lowest BCUT2D eigenvalue weighted by molar-refractivity contribution is -0.117. The van der Waals surface area contributed by atoms with Crippen molar-refractivity contribution in [2.45, 2.75) is 19.8 Å². The lowest BCUT2D eigenvalue weighted by atomic mass is 10.1. The molecule has 4 heteroatoms. The zero-order valence-corrected chi connectivity index (χ0v) is 9.98. The molecule has 1 rings (SSSR count). The Bertz CT molecular complexity index is 368. The largest absolute Gasteiger partial charge is 0.310 e. The second-order valence-electron chi connectivity index (χ2n) is 3.64. The van der Waals surface area contributed by atoms with Crippen molar-refractivity contribution in [3.05, 3.63) is 34.6 Å². The molecular formula is C12H15ClFNO. The highest BCUT2D eigenvalue weighted by Gasteiger charge is 2.06. The molecule has 88 valence electrons. The minimum atomic E-state index is -0.478. The van der Waals surface area contributed by atoms with E-state index < -0.39 is 5.82 Å². The summed E-state index contributed by atoms with van der Waals surface area (Å²) in [6, 6.07) is 4.45. The molecule has 0 heterocycles. The molecule has 0 aromatic heterocycles. The average molecular weight is 244 g/mol. The van der Waals surface area contributed by atoms with E-state index in [0.717, 1.165) is 13.0 Å². The number of benzene rings is 1. The maximum atomic E-state index is 13.1. The van der Waals surface area contributed by atoms with Crippen molar-refractivity contribution in [2.24, 2.45) is 0 Å². The van der Waals surface area contributed by atoms with Crippen LogP contribution in [0.2, 0.25) is 5.02 Å². The van der Waals surface area contributed by atoms with Gasteiger partial charge in [-0.05, 0) is 30.7 Å². The summed E-state index contributed by atoms with van der Waals surface area (Å²) in [5.41, 5.74) is 0.658. The van der Waals surface area contributed by atoms with Gasteiger partial charge in [-0.25, -0.2) is 4.39 Å². The first-order valence-electron chi connectivity index (χ1n) is 5.29. The molecule has 1 aromatic carbocycles. The summed E-state index contributed by atoms with van der Waals surface area (Å²) >= 11 is 5.55. The van der Waals surface area contributed by atoms with E-state index in [1.807, 2.05) is 6.92 Å². The van der Waals surface area contributed by atoms with Crippen LogP contribution in [0.4, 0.5) is 4.39 Å². The van der Waals surface area contributed by atoms with E-state index in [0.29, 0.717) is 12.1 Å². The number of nitrogens with one attached hydrogen (secondary N) is 1. The van der Waals surface area contributed by atoms with Gasteiger partial charge in [0.1, 0.15) is 5.82 Å². The Labute approximate surface area is 99.8 Å². The summed E-state index contributed by atoms with van der Waals surface area (Å²) in [4.78, 5) is 11.5. The van der Waals surface area contributed by atoms with E-state index in [1.165, 1.54) is 12.1 Å². The van der Waals surface area contributed by atoms with Crippen LogP contribution < -0.4 is 5.32 Å². The summed E-state index contributed by atoms with van der Waals surface area (Å²) in [6.07, 6.45) is 1.23. The predicted octanol–water partition coefficient (Wildman–Crippen LogP) is 2.59. The Morgan fingerprint density at radius 2 is 2.25 bits per heavy atom. The SMILES string of the molecule is CCCNCC(=O)Cc1ccc(Cl)c(F)c1. The predicted molar refractivity (Wildman–Crippen MR) is 63.3 cm³/mol. The number of carbonyl (C=O) groups excluding carboxylic acids is 1. The van der Waals surface area contributed by atoms with E-state index in [4.69, 9.17) is 11.6 Å². The van der Waals surface area contributed by atoms with Gasteiger partial charge in [-0.2, -0.15) is 0 Å². The van der Waals surface area contributed by atoms with Gasteiger partial charge in [-0.3, -0.25) is 4.79 Å². The van der Waals surface area contributed by atoms with Crippen LogP contribution in [0.25, 0.3) is 0 Å². The Morgan fingerprint density at radius 3 is 2.88 bits per heavy atom. The molecule has 0 saturated heterocycles. The zero-order valence-electron chi connectivity index (χ0n) is 9.22. The molecule has 0 unspecified atom stereocenters. The molecule has 0 radical (unpaired) electrons. The van der Waals surface area contributed by atoms with Crippen LogP contribution in [0, 0.1) is 5.82 Å². The first-order valence-corrected chi connectivity index (χ1v) is 5.67. The molecule has 1 N–H and O–H groups in total. The van der Waals surface area contributed by atoms with Crippen molar-refractivity contribution < 1.29 is 9.18 Å². The van der Waals surface area contributed by atoms with E-state index >= 15 is 0 Å². The van der Waals surface area contributed by atoms with Crippen LogP contribution >= 0.6 is 11.6 Å². The fourth-order valence-corrected chi connectivity index (χ4v) is 1.46. The molecule has 0 aliphatic carbocycles. The molecule has 0 bridgehead atoms. The van der Waals surface area contributed by atoms with Gasteiger partial charge >= 0.3 is 0 Å². The molecule has 0 amide bonds. The zero-order chi connectivity index (χ0) is 12.0. The van der Waals surface area contributed by atoms with E-state index in [1.54, 1.807) is 6.07 Å². The highest BCUT2D eigenvalue weighted by molar-refractivity contribution is 6.30. The molecule has 0 aliphatic rings. The first-order chi connectivity index (χ1) is 7.63. The van der Waals surface area contributed by atoms with Gasteiger partial charge in [0.05, 0.1) is 11.6 Å². The molecule has 0 saturated carbocycles. The van der Waals surface area contributed by atoms with Crippen molar-refractivity contribution in [1.29, 1.82) is 0 Å². The lowest BCUT2D eigenvalue weighted by Gasteiger charge is -2.03. The van der Waals surface area contributed by atoms with Crippen LogP contribution in [0.3, 0.4) is 0 Å². The van der Waals surface area contributed by atoms with Gasteiger partial charge in [0.25, 0.3) is 0 Å². The lowest BCUT2D eigenvalue weighted by Crippen LogP contribution is -2.24. The van der Waals surface area contributed by atoms with Crippen LogP contribution in [-0.2, 0) is 11.2 Å². The quantitative estimate of drug-likeness (QED) is 0.779. The second kappa shape index (κ2) is 6.61. The molecule has 2 nitrogen and oxygen atoms in total. The van der Waals surface area contributed by atoms with Gasteiger partial charge in [0.2, 0.25) is 0 Å². The van der Waals surface area contributed by atoms with E-state index in [-0.39, 0.29) is 17.2 Å². The van der Waals surface area contributed by atoms with Gasteiger partial charge in [0, 0.05) is 6.42 Å². The molecule has 0 aliphatic heterocycles. The molecule has 0 spiro atoms. The monoisotopic (exact) mass is 243 g/mol. The third kappa shape index (κ3) is 4.29. The van der Waals surface area contributed by atoms with Gasteiger partial charge < -0.3 is 5.32 Å². The number of Topliss-reactive ketones (excluding diaryl/α,β-unsaturated/α-hetero) is 1. The number of ketones is 1. The molecular weight excluding hydrogens is 229 g/mol. The Balaban J connectivity index is 2.46. The maximum Gasteiger partial charge on any atom is 0.150 e. The van der Waals surface area contributed by atoms with Crippen molar-refractivity contribution in [3.8, 4) is 0 Å². The topological polar surface area (TPSA) is 29.1 Å². The maximum absolute atomic E-state index is 13.1. The summed E-state index contributed by atoms with van der Waals surface area (Å²) in [7, 11) is 0.